The van der Waals surface area contributed by atoms with Crippen molar-refractivity contribution in [1.29, 1.82) is 0 Å². The molecule has 28 heavy (non-hydrogen) atoms. The SMILES string of the molecule is COC(=O)c1cc(CN(C)C(=O)c2ccc(Cl)cc2N2CCCC2=O)oc1C. The van der Waals surface area contributed by atoms with Crippen LogP contribution in [0.5, 0.6) is 0 Å². The van der Waals surface area contributed by atoms with Gasteiger partial charge in [-0.3, -0.25) is 9.59 Å². The number of methoxy groups -OCH3 is 1. The minimum absolute atomic E-state index is 0.0247. The van der Waals surface area contributed by atoms with Crippen molar-refractivity contribution in [2.24, 2.45) is 0 Å². The summed E-state index contributed by atoms with van der Waals surface area (Å²) in [4.78, 5) is 40.0. The van der Waals surface area contributed by atoms with Crippen LogP contribution in [0.2, 0.25) is 5.02 Å². The first-order valence-corrected chi connectivity index (χ1v) is 9.22. The van der Waals surface area contributed by atoms with Gasteiger partial charge in [0.15, 0.2) is 0 Å². The van der Waals surface area contributed by atoms with Crippen LogP contribution in [0.15, 0.2) is 28.7 Å². The Balaban J connectivity index is 1.84. The highest BCUT2D eigenvalue weighted by atomic mass is 35.5. The molecule has 0 radical (unpaired) electrons. The van der Waals surface area contributed by atoms with Crippen LogP contribution in [0, 0.1) is 6.92 Å². The number of hydrogen-bond acceptors (Lipinski definition) is 5. The molecule has 2 heterocycles. The van der Waals surface area contributed by atoms with Crippen LogP contribution in [0.3, 0.4) is 0 Å². The average Bonchev–Trinajstić information content (AvgIpc) is 3.25. The van der Waals surface area contributed by atoms with E-state index in [1.165, 1.54) is 12.0 Å². The number of carbonyl (C=O) groups excluding carboxylic acids is 3. The molecular formula is C20H21ClN2O5. The second kappa shape index (κ2) is 8.06. The Bertz CT molecular complexity index is 937. The number of anilines is 1. The van der Waals surface area contributed by atoms with E-state index in [9.17, 15) is 14.4 Å². The smallest absolute Gasteiger partial charge is 0.341 e. The number of rotatable bonds is 5. The zero-order valence-corrected chi connectivity index (χ0v) is 16.7. The molecule has 0 aliphatic carbocycles. The summed E-state index contributed by atoms with van der Waals surface area (Å²) in [5, 5.41) is 0.457. The van der Waals surface area contributed by atoms with Crippen molar-refractivity contribution in [1.82, 2.24) is 4.90 Å². The normalized spacial score (nSPS) is 13.7. The van der Waals surface area contributed by atoms with Crippen LogP contribution in [-0.4, -0.2) is 43.4 Å². The lowest BCUT2D eigenvalue weighted by atomic mass is 10.1. The molecule has 3 rings (SSSR count). The van der Waals surface area contributed by atoms with Gasteiger partial charge in [-0.15, -0.1) is 0 Å². The summed E-state index contributed by atoms with van der Waals surface area (Å²) in [5.41, 5.74) is 1.23. The Kier molecular flexibility index (Phi) is 5.74. The van der Waals surface area contributed by atoms with Gasteiger partial charge in [0, 0.05) is 25.0 Å². The summed E-state index contributed by atoms with van der Waals surface area (Å²) in [6.07, 6.45) is 1.20. The Hall–Kier alpha value is -2.80. The maximum Gasteiger partial charge on any atom is 0.341 e. The van der Waals surface area contributed by atoms with Gasteiger partial charge >= 0.3 is 5.97 Å². The summed E-state index contributed by atoms with van der Waals surface area (Å²) < 4.78 is 10.3. The lowest BCUT2D eigenvalue weighted by molar-refractivity contribution is -0.117. The van der Waals surface area contributed by atoms with Crippen LogP contribution in [0.25, 0.3) is 0 Å². The predicted octanol–water partition coefficient (Wildman–Crippen LogP) is 3.43. The first-order valence-electron chi connectivity index (χ1n) is 8.84. The summed E-state index contributed by atoms with van der Waals surface area (Å²) in [5.74, 6) is 0.0939. The highest BCUT2D eigenvalue weighted by Crippen LogP contribution is 2.30. The number of carbonyl (C=O) groups is 3. The maximum absolute atomic E-state index is 13.0. The molecule has 1 aliphatic rings. The summed E-state index contributed by atoms with van der Waals surface area (Å²) in [6.45, 7) is 2.38. The molecule has 0 saturated carbocycles. The molecule has 7 nitrogen and oxygen atoms in total. The summed E-state index contributed by atoms with van der Waals surface area (Å²) in [7, 11) is 2.92. The molecule has 2 aromatic rings. The van der Waals surface area contributed by atoms with Crippen molar-refractivity contribution in [3.05, 3.63) is 51.9 Å². The standard InChI is InChI=1S/C20H21ClN2O5/c1-12-16(20(26)27-3)10-14(28-12)11-22(2)19(25)15-7-6-13(21)9-17(15)23-8-4-5-18(23)24/h6-7,9-10H,4-5,8,11H2,1-3H3. The van der Waals surface area contributed by atoms with E-state index in [-0.39, 0.29) is 18.4 Å². The van der Waals surface area contributed by atoms with Crippen LogP contribution < -0.4 is 4.90 Å². The van der Waals surface area contributed by atoms with Crippen molar-refractivity contribution in [3.63, 3.8) is 0 Å². The van der Waals surface area contributed by atoms with Crippen molar-refractivity contribution >= 4 is 35.1 Å². The number of amides is 2. The molecule has 8 heteroatoms. The first kappa shape index (κ1) is 19.9. The number of hydrogen-bond donors (Lipinski definition) is 0. The van der Waals surface area contributed by atoms with E-state index in [1.54, 1.807) is 43.1 Å². The molecule has 0 unspecified atom stereocenters. The van der Waals surface area contributed by atoms with Crippen molar-refractivity contribution in [2.75, 3.05) is 25.6 Å². The molecule has 1 fully saturated rings. The fraction of sp³-hybridized carbons (Fsp3) is 0.350. The third-order valence-electron chi connectivity index (χ3n) is 4.67. The third-order valence-corrected chi connectivity index (χ3v) is 4.90. The lowest BCUT2D eigenvalue weighted by Gasteiger charge is -2.23. The summed E-state index contributed by atoms with van der Waals surface area (Å²) >= 11 is 6.10. The molecule has 1 aromatic carbocycles. The number of esters is 1. The molecule has 148 valence electrons. The van der Waals surface area contributed by atoms with Gasteiger partial charge < -0.3 is 19.0 Å². The minimum Gasteiger partial charge on any atom is -0.465 e. The lowest BCUT2D eigenvalue weighted by Crippen LogP contribution is -2.30. The number of halogens is 1. The zero-order valence-electron chi connectivity index (χ0n) is 16.0. The average molecular weight is 405 g/mol. The summed E-state index contributed by atoms with van der Waals surface area (Å²) in [6, 6.07) is 6.45. The van der Waals surface area contributed by atoms with E-state index >= 15 is 0 Å². The van der Waals surface area contributed by atoms with E-state index in [2.05, 4.69) is 0 Å². The maximum atomic E-state index is 13.0. The topological polar surface area (TPSA) is 80.1 Å². The Morgan fingerprint density at radius 1 is 1.29 bits per heavy atom. The molecule has 1 saturated heterocycles. The van der Waals surface area contributed by atoms with Gasteiger partial charge in [-0.25, -0.2) is 4.79 Å². The molecule has 1 aromatic heterocycles. The van der Waals surface area contributed by atoms with Crippen LogP contribution >= 0.6 is 11.6 Å². The second-order valence-corrected chi connectivity index (χ2v) is 7.08. The van der Waals surface area contributed by atoms with Gasteiger partial charge in [-0.2, -0.15) is 0 Å². The van der Waals surface area contributed by atoms with E-state index in [0.29, 0.717) is 46.3 Å². The molecule has 0 N–H and O–H groups in total. The number of benzene rings is 1. The third kappa shape index (κ3) is 3.89. The zero-order chi connectivity index (χ0) is 20.4. The van der Waals surface area contributed by atoms with Crippen LogP contribution in [0.1, 0.15) is 45.1 Å². The fourth-order valence-electron chi connectivity index (χ4n) is 3.26. The van der Waals surface area contributed by atoms with E-state index < -0.39 is 5.97 Å². The Morgan fingerprint density at radius 3 is 2.68 bits per heavy atom. The Morgan fingerprint density at radius 2 is 2.04 bits per heavy atom. The van der Waals surface area contributed by atoms with E-state index in [0.717, 1.165) is 6.42 Å². The largest absolute Gasteiger partial charge is 0.465 e. The number of nitrogens with zero attached hydrogens (tertiary/aromatic N) is 2. The Labute approximate surface area is 167 Å². The molecule has 0 atom stereocenters. The first-order chi connectivity index (χ1) is 13.3. The number of ether oxygens (including phenoxy) is 1. The number of aryl methyl sites for hydroxylation is 1. The highest BCUT2D eigenvalue weighted by molar-refractivity contribution is 6.31. The van der Waals surface area contributed by atoms with Crippen LogP contribution in [0.4, 0.5) is 5.69 Å². The van der Waals surface area contributed by atoms with Gasteiger partial charge in [0.05, 0.1) is 24.9 Å². The van der Waals surface area contributed by atoms with Gasteiger partial charge in [-0.1, -0.05) is 11.6 Å². The molecule has 0 bridgehead atoms. The van der Waals surface area contributed by atoms with Crippen LogP contribution in [-0.2, 0) is 16.1 Å². The van der Waals surface area contributed by atoms with Gasteiger partial charge in [0.25, 0.3) is 5.91 Å². The van der Waals surface area contributed by atoms with Gasteiger partial charge in [0.2, 0.25) is 5.91 Å². The monoisotopic (exact) mass is 404 g/mol. The minimum atomic E-state index is -0.492. The highest BCUT2D eigenvalue weighted by Gasteiger charge is 2.27. The quantitative estimate of drug-likeness (QED) is 0.713. The van der Waals surface area contributed by atoms with Crippen molar-refractivity contribution in [3.8, 4) is 0 Å². The predicted molar refractivity (Wildman–Crippen MR) is 104 cm³/mol. The second-order valence-electron chi connectivity index (χ2n) is 6.65. The van der Waals surface area contributed by atoms with Gasteiger partial charge in [0.1, 0.15) is 17.1 Å². The number of furan rings is 1. The van der Waals surface area contributed by atoms with Gasteiger partial charge in [-0.05, 0) is 37.6 Å². The van der Waals surface area contributed by atoms with Crippen molar-refractivity contribution < 1.29 is 23.5 Å². The van der Waals surface area contributed by atoms with E-state index in [4.69, 9.17) is 20.8 Å². The molecule has 0 spiro atoms. The molecular weight excluding hydrogens is 384 g/mol. The molecule has 1 aliphatic heterocycles. The fourth-order valence-corrected chi connectivity index (χ4v) is 3.42. The van der Waals surface area contributed by atoms with E-state index in [1.807, 2.05) is 0 Å². The molecule has 2 amide bonds. The van der Waals surface area contributed by atoms with Crippen molar-refractivity contribution in [2.45, 2.75) is 26.3 Å².